The van der Waals surface area contributed by atoms with Crippen LogP contribution in [0.1, 0.15) is 32.3 Å². The Hall–Kier alpha value is -1.71. The van der Waals surface area contributed by atoms with Crippen molar-refractivity contribution in [1.82, 2.24) is 4.90 Å². The number of ether oxygens (including phenoxy) is 1. The number of piperidine rings is 1. The molecule has 0 radical (unpaired) electrons. The van der Waals surface area contributed by atoms with Gasteiger partial charge in [0.1, 0.15) is 5.69 Å². The number of hydrogen-bond donors (Lipinski definition) is 0. The third-order valence-corrected chi connectivity index (χ3v) is 5.09. The van der Waals surface area contributed by atoms with Crippen molar-refractivity contribution in [2.45, 2.75) is 38.9 Å². The van der Waals surface area contributed by atoms with Crippen LogP contribution < -0.4 is 4.90 Å². The van der Waals surface area contributed by atoms with Crippen molar-refractivity contribution in [1.29, 1.82) is 5.26 Å². The zero-order chi connectivity index (χ0) is 18.0. The average molecular weight is 349 g/mol. The first kappa shape index (κ1) is 18.1. The molecule has 4 nitrogen and oxygen atoms in total. The predicted molar refractivity (Wildman–Crippen MR) is 92.5 cm³/mol. The van der Waals surface area contributed by atoms with Gasteiger partial charge in [0.25, 0.3) is 0 Å². The van der Waals surface area contributed by atoms with E-state index >= 15 is 0 Å². The topological polar surface area (TPSA) is 39.5 Å². The summed E-state index contributed by atoms with van der Waals surface area (Å²) in [6.45, 7) is 8.39. The van der Waals surface area contributed by atoms with Crippen LogP contribution in [-0.2, 0) is 4.74 Å². The normalized spacial score (nSPS) is 25.8. The number of morpholine rings is 1. The highest BCUT2D eigenvalue weighted by Gasteiger charge is 2.28. The van der Waals surface area contributed by atoms with Gasteiger partial charge in [0, 0.05) is 32.7 Å². The lowest BCUT2D eigenvalue weighted by atomic mass is 9.95. The first-order valence-corrected chi connectivity index (χ1v) is 8.98. The molecule has 1 aromatic rings. The summed E-state index contributed by atoms with van der Waals surface area (Å²) in [5, 5.41) is 8.80. The molecule has 2 atom stereocenters. The second kappa shape index (κ2) is 7.67. The fourth-order valence-corrected chi connectivity index (χ4v) is 4.07. The molecule has 0 aliphatic carbocycles. The summed E-state index contributed by atoms with van der Waals surface area (Å²) in [7, 11) is 0. The maximum Gasteiger partial charge on any atom is 0.150 e. The van der Waals surface area contributed by atoms with Gasteiger partial charge in [-0.15, -0.1) is 0 Å². The molecule has 2 unspecified atom stereocenters. The Morgan fingerprint density at radius 2 is 1.68 bits per heavy atom. The highest BCUT2D eigenvalue weighted by atomic mass is 19.1. The minimum absolute atomic E-state index is 0.00562. The van der Waals surface area contributed by atoms with Gasteiger partial charge in [-0.1, -0.05) is 0 Å². The summed E-state index contributed by atoms with van der Waals surface area (Å²) in [6, 6.07) is 4.01. The van der Waals surface area contributed by atoms with Crippen LogP contribution in [0.3, 0.4) is 0 Å². The lowest BCUT2D eigenvalue weighted by Gasteiger charge is -2.40. The summed E-state index contributed by atoms with van der Waals surface area (Å²) in [4.78, 5) is 4.22. The maximum absolute atomic E-state index is 14.2. The molecular weight excluding hydrogens is 324 g/mol. The van der Waals surface area contributed by atoms with E-state index in [0.29, 0.717) is 19.0 Å². The van der Waals surface area contributed by atoms with E-state index < -0.39 is 11.6 Å². The maximum atomic E-state index is 14.2. The third kappa shape index (κ3) is 4.28. The highest BCUT2D eigenvalue weighted by molar-refractivity contribution is 5.52. The van der Waals surface area contributed by atoms with E-state index in [9.17, 15) is 8.78 Å². The van der Waals surface area contributed by atoms with Gasteiger partial charge in [-0.2, -0.15) is 5.26 Å². The van der Waals surface area contributed by atoms with Crippen molar-refractivity contribution in [2.24, 2.45) is 5.92 Å². The van der Waals surface area contributed by atoms with Gasteiger partial charge in [-0.05, 0) is 44.7 Å². The first-order valence-electron chi connectivity index (χ1n) is 8.98. The van der Waals surface area contributed by atoms with Crippen LogP contribution in [0.15, 0.2) is 12.1 Å². The molecule has 25 heavy (non-hydrogen) atoms. The summed E-state index contributed by atoms with van der Waals surface area (Å²) >= 11 is 0. The van der Waals surface area contributed by atoms with Gasteiger partial charge in [0.15, 0.2) is 11.6 Å². The van der Waals surface area contributed by atoms with Gasteiger partial charge in [-0.25, -0.2) is 8.78 Å². The van der Waals surface area contributed by atoms with Gasteiger partial charge in [0.2, 0.25) is 0 Å². The molecule has 6 heteroatoms. The minimum Gasteiger partial charge on any atom is -0.373 e. The van der Waals surface area contributed by atoms with Gasteiger partial charge in [-0.3, -0.25) is 4.90 Å². The number of nitrogens with zero attached hydrogens (tertiary/aromatic N) is 3. The molecule has 1 aromatic carbocycles. The van der Waals surface area contributed by atoms with E-state index in [-0.39, 0.29) is 23.5 Å². The van der Waals surface area contributed by atoms with Crippen molar-refractivity contribution < 1.29 is 13.5 Å². The molecule has 2 fully saturated rings. The van der Waals surface area contributed by atoms with Crippen LogP contribution in [0.2, 0.25) is 0 Å². The summed E-state index contributed by atoms with van der Waals surface area (Å²) < 4.78 is 34.1. The van der Waals surface area contributed by atoms with E-state index in [1.807, 2.05) is 0 Å². The standard InChI is InChI=1S/C19H25F2N3O/c1-13-10-23(11-14(2)25-13)12-15-3-5-24(6-4-15)19-17(20)7-16(9-22)8-18(19)21/h7-8,13-15H,3-6,10-12H2,1-2H3. The fraction of sp³-hybridized carbons (Fsp3) is 0.632. The lowest BCUT2D eigenvalue weighted by Crippen LogP contribution is -2.48. The number of hydrogen-bond acceptors (Lipinski definition) is 4. The number of benzene rings is 1. The number of halogens is 2. The second-order valence-electron chi connectivity index (χ2n) is 7.31. The van der Waals surface area contributed by atoms with Crippen LogP contribution >= 0.6 is 0 Å². The van der Waals surface area contributed by atoms with E-state index in [2.05, 4.69) is 18.7 Å². The van der Waals surface area contributed by atoms with Crippen LogP contribution in [0, 0.1) is 28.9 Å². The van der Waals surface area contributed by atoms with Crippen LogP contribution in [0.5, 0.6) is 0 Å². The first-order chi connectivity index (χ1) is 12.0. The van der Waals surface area contributed by atoms with Gasteiger partial charge in [0.05, 0.1) is 23.8 Å². The van der Waals surface area contributed by atoms with E-state index in [4.69, 9.17) is 10.00 Å². The monoisotopic (exact) mass is 349 g/mol. The summed E-state index contributed by atoms with van der Waals surface area (Å²) in [6.07, 6.45) is 2.34. The van der Waals surface area contributed by atoms with Crippen molar-refractivity contribution >= 4 is 5.69 Å². The average Bonchev–Trinajstić information content (AvgIpc) is 2.54. The molecule has 0 saturated carbocycles. The predicted octanol–water partition coefficient (Wildman–Crippen LogP) is 3.16. The SMILES string of the molecule is CC1CN(CC2CCN(c3c(F)cc(C#N)cc3F)CC2)CC(C)O1. The van der Waals surface area contributed by atoms with E-state index in [0.717, 1.165) is 44.6 Å². The van der Waals surface area contributed by atoms with Crippen molar-refractivity contribution in [3.05, 3.63) is 29.3 Å². The van der Waals surface area contributed by atoms with E-state index in [1.165, 1.54) is 0 Å². The molecule has 3 rings (SSSR count). The highest BCUT2D eigenvalue weighted by Crippen LogP contribution is 2.29. The number of anilines is 1. The summed E-state index contributed by atoms with van der Waals surface area (Å²) in [5.74, 6) is -0.755. The molecule has 2 saturated heterocycles. The molecule has 2 aliphatic rings. The van der Waals surface area contributed by atoms with Gasteiger partial charge >= 0.3 is 0 Å². The Kier molecular flexibility index (Phi) is 5.55. The molecule has 0 N–H and O–H groups in total. The molecule has 0 aromatic heterocycles. The summed E-state index contributed by atoms with van der Waals surface area (Å²) in [5.41, 5.74) is 0.0234. The van der Waals surface area contributed by atoms with Gasteiger partial charge < -0.3 is 9.64 Å². The lowest BCUT2D eigenvalue weighted by molar-refractivity contribution is -0.0720. The largest absolute Gasteiger partial charge is 0.373 e. The fourth-order valence-electron chi connectivity index (χ4n) is 4.07. The van der Waals surface area contributed by atoms with Crippen molar-refractivity contribution in [3.8, 4) is 6.07 Å². The Balaban J connectivity index is 1.58. The zero-order valence-corrected chi connectivity index (χ0v) is 14.8. The zero-order valence-electron chi connectivity index (χ0n) is 14.8. The molecule has 2 heterocycles. The quantitative estimate of drug-likeness (QED) is 0.840. The van der Waals surface area contributed by atoms with Crippen molar-refractivity contribution in [3.63, 3.8) is 0 Å². The second-order valence-corrected chi connectivity index (χ2v) is 7.31. The Morgan fingerprint density at radius 1 is 1.12 bits per heavy atom. The molecule has 136 valence electrons. The molecule has 0 amide bonds. The van der Waals surface area contributed by atoms with Crippen LogP contribution in [0.4, 0.5) is 14.5 Å². The van der Waals surface area contributed by atoms with E-state index in [1.54, 1.807) is 11.0 Å². The van der Waals surface area contributed by atoms with Crippen LogP contribution in [-0.4, -0.2) is 49.8 Å². The molecule has 2 aliphatic heterocycles. The molecular formula is C19H25F2N3O. The minimum atomic E-state index is -0.647. The smallest absolute Gasteiger partial charge is 0.150 e. The Morgan fingerprint density at radius 3 is 2.20 bits per heavy atom. The molecule has 0 bridgehead atoms. The third-order valence-electron chi connectivity index (χ3n) is 5.09. The Bertz CT molecular complexity index is 620. The van der Waals surface area contributed by atoms with Crippen molar-refractivity contribution in [2.75, 3.05) is 37.6 Å². The Labute approximate surface area is 148 Å². The molecule has 0 spiro atoms. The number of nitriles is 1. The van der Waals surface area contributed by atoms with Crippen LogP contribution in [0.25, 0.3) is 0 Å². The number of rotatable bonds is 3.